The maximum atomic E-state index is 13.1. The first-order valence-electron chi connectivity index (χ1n) is 19.1. The lowest BCUT2D eigenvalue weighted by Gasteiger charge is -2.38. The number of amides is 1. The fourth-order valence-corrected chi connectivity index (χ4v) is 7.71. The molecule has 2 unspecified atom stereocenters. The summed E-state index contributed by atoms with van der Waals surface area (Å²) in [6.07, 6.45) is 9.79. The summed E-state index contributed by atoms with van der Waals surface area (Å²) in [4.78, 5) is 51.4. The van der Waals surface area contributed by atoms with E-state index in [-0.39, 0.29) is 37.8 Å². The molecule has 0 heterocycles. The molecule has 9 nitrogen and oxygen atoms in total. The summed E-state index contributed by atoms with van der Waals surface area (Å²) >= 11 is 0. The minimum absolute atomic E-state index is 0.0572. The Morgan fingerprint density at radius 2 is 1.25 bits per heavy atom. The molecular formula is C42H61NO8. The number of fused-ring (bicyclic) bond motifs is 3. The molecule has 282 valence electrons. The van der Waals surface area contributed by atoms with Crippen LogP contribution >= 0.6 is 0 Å². The zero-order valence-corrected chi connectivity index (χ0v) is 31.3. The molecule has 0 saturated heterocycles. The topological polar surface area (TPSA) is 150 Å². The van der Waals surface area contributed by atoms with Gasteiger partial charge in [0.1, 0.15) is 12.7 Å². The van der Waals surface area contributed by atoms with Crippen LogP contribution in [0.15, 0.2) is 48.5 Å². The fourth-order valence-electron chi connectivity index (χ4n) is 7.71. The highest BCUT2D eigenvalue weighted by atomic mass is 16.5. The van der Waals surface area contributed by atoms with Crippen molar-refractivity contribution in [3.63, 3.8) is 0 Å². The van der Waals surface area contributed by atoms with E-state index in [4.69, 9.17) is 4.74 Å². The van der Waals surface area contributed by atoms with Crippen molar-refractivity contribution in [2.45, 2.75) is 136 Å². The van der Waals surface area contributed by atoms with Gasteiger partial charge in [0, 0.05) is 17.9 Å². The van der Waals surface area contributed by atoms with Crippen LogP contribution in [0.1, 0.15) is 141 Å². The van der Waals surface area contributed by atoms with Crippen molar-refractivity contribution in [1.82, 2.24) is 5.32 Å². The number of aliphatic hydroxyl groups is 1. The lowest BCUT2D eigenvalue weighted by atomic mass is 9.65. The first-order chi connectivity index (χ1) is 24.4. The average molecular weight is 708 g/mol. The molecule has 0 saturated carbocycles. The molecule has 1 aliphatic carbocycles. The van der Waals surface area contributed by atoms with Gasteiger partial charge in [0.2, 0.25) is 5.91 Å². The minimum Gasteiger partial charge on any atom is -0.480 e. The molecule has 51 heavy (non-hydrogen) atoms. The van der Waals surface area contributed by atoms with E-state index < -0.39 is 47.2 Å². The number of hydrogen-bond donors (Lipinski definition) is 4. The predicted octanol–water partition coefficient (Wildman–Crippen LogP) is 8.51. The number of hydrogen-bond acceptors (Lipinski definition) is 6. The summed E-state index contributed by atoms with van der Waals surface area (Å²) in [5.41, 5.74) is 0.867. The Hall–Kier alpha value is -3.72. The molecule has 0 fully saturated rings. The van der Waals surface area contributed by atoms with E-state index in [0.717, 1.165) is 92.9 Å². The van der Waals surface area contributed by atoms with Crippen LogP contribution in [-0.2, 0) is 23.9 Å². The Bertz CT molecular complexity index is 1380. The highest BCUT2D eigenvalue weighted by Gasteiger charge is 2.53. The normalized spacial score (nSPS) is 14.0. The summed E-state index contributed by atoms with van der Waals surface area (Å²) in [6.45, 7) is 7.39. The Kier molecular flexibility index (Phi) is 16.6. The van der Waals surface area contributed by atoms with Crippen LogP contribution in [0, 0.1) is 16.7 Å². The maximum Gasteiger partial charge on any atom is 0.321 e. The first-order valence-corrected chi connectivity index (χ1v) is 19.1. The smallest absolute Gasteiger partial charge is 0.321 e. The third-order valence-electron chi connectivity index (χ3n) is 10.6. The number of carboxylic acid groups (broad SMARTS) is 2. The van der Waals surface area contributed by atoms with Crippen molar-refractivity contribution in [2.75, 3.05) is 13.2 Å². The van der Waals surface area contributed by atoms with Gasteiger partial charge < -0.3 is 25.4 Å². The van der Waals surface area contributed by atoms with Crippen LogP contribution in [0.5, 0.6) is 0 Å². The number of benzene rings is 2. The molecule has 3 rings (SSSR count). The number of nitrogens with one attached hydrogen (secondary N) is 1. The second kappa shape index (κ2) is 20.4. The lowest BCUT2D eigenvalue weighted by molar-refractivity contribution is -0.172. The number of carbonyl (C=O) groups excluding carboxylic acids is 2. The van der Waals surface area contributed by atoms with Gasteiger partial charge >= 0.3 is 17.9 Å². The van der Waals surface area contributed by atoms with Crippen molar-refractivity contribution >= 4 is 23.8 Å². The minimum atomic E-state index is -2.16. The molecule has 2 aromatic carbocycles. The van der Waals surface area contributed by atoms with Crippen molar-refractivity contribution in [3.05, 3.63) is 59.7 Å². The molecule has 1 amide bonds. The van der Waals surface area contributed by atoms with Crippen molar-refractivity contribution in [1.29, 1.82) is 0 Å². The molecule has 0 bridgehead atoms. The zero-order chi connectivity index (χ0) is 37.4. The van der Waals surface area contributed by atoms with Gasteiger partial charge in [-0.05, 0) is 41.0 Å². The predicted molar refractivity (Wildman–Crippen MR) is 199 cm³/mol. The summed E-state index contributed by atoms with van der Waals surface area (Å²) in [6, 6.07) is 16.1. The molecule has 0 spiro atoms. The van der Waals surface area contributed by atoms with E-state index in [2.05, 4.69) is 31.3 Å². The number of aliphatic carboxylic acids is 2. The number of carbonyl (C=O) groups is 4. The monoisotopic (exact) mass is 707 g/mol. The largest absolute Gasteiger partial charge is 0.480 e. The van der Waals surface area contributed by atoms with Crippen molar-refractivity contribution < 1.29 is 39.2 Å². The maximum absolute atomic E-state index is 13.1. The van der Waals surface area contributed by atoms with Crippen molar-refractivity contribution in [2.24, 2.45) is 16.7 Å². The number of rotatable bonds is 25. The van der Waals surface area contributed by atoms with Gasteiger partial charge in [-0.25, -0.2) is 0 Å². The fraction of sp³-hybridized carbons (Fsp3) is 0.619. The SMILES string of the molecule is CCCCCCCCC(CCCCCC)CC(CC(C)(C)C(O)C(=O)NCCC(=O)OCC1c2ccccc2-c2ccccc21)(C(=O)O)C(=O)O. The summed E-state index contributed by atoms with van der Waals surface area (Å²) in [5, 5.41) is 34.6. The van der Waals surface area contributed by atoms with Crippen LogP contribution in [0.2, 0.25) is 0 Å². The number of unbranched alkanes of at least 4 members (excludes halogenated alkanes) is 8. The molecule has 0 radical (unpaired) electrons. The van der Waals surface area contributed by atoms with E-state index in [1.54, 1.807) is 0 Å². The third kappa shape index (κ3) is 11.6. The standard InChI is InChI=1S/C42H61NO8/c1-5-7-9-11-12-14-20-30(19-13-10-8-6-2)27-42(39(47)48,40(49)50)29-41(3,4)37(45)38(46)43-26-25-36(44)51-28-35-33-23-17-15-21-31(33)32-22-16-18-24-34(32)35/h15-18,21-24,30,35,37,45H,5-14,19-20,25-29H2,1-4H3,(H,43,46)(H,47,48)(H,49,50). The van der Waals surface area contributed by atoms with Crippen LogP contribution in [0.25, 0.3) is 11.1 Å². The number of carboxylic acids is 2. The molecular weight excluding hydrogens is 646 g/mol. The van der Waals surface area contributed by atoms with Crippen LogP contribution in [-0.4, -0.2) is 58.4 Å². The van der Waals surface area contributed by atoms with Gasteiger partial charge in [-0.1, -0.05) is 153 Å². The van der Waals surface area contributed by atoms with Crippen molar-refractivity contribution in [3.8, 4) is 11.1 Å². The second-order valence-corrected chi connectivity index (χ2v) is 15.2. The highest BCUT2D eigenvalue weighted by Crippen LogP contribution is 2.45. The van der Waals surface area contributed by atoms with Gasteiger partial charge in [0.15, 0.2) is 5.41 Å². The third-order valence-corrected chi connectivity index (χ3v) is 10.6. The Labute approximate surface area is 304 Å². The van der Waals surface area contributed by atoms with E-state index in [9.17, 15) is 34.5 Å². The second-order valence-electron chi connectivity index (χ2n) is 15.2. The lowest BCUT2D eigenvalue weighted by Crippen LogP contribution is -2.51. The Morgan fingerprint density at radius 1 is 0.765 bits per heavy atom. The Morgan fingerprint density at radius 3 is 1.78 bits per heavy atom. The highest BCUT2D eigenvalue weighted by molar-refractivity contribution is 5.98. The average Bonchev–Trinajstić information content (AvgIpc) is 3.42. The van der Waals surface area contributed by atoms with Gasteiger partial charge in [0.25, 0.3) is 0 Å². The summed E-state index contributed by atoms with van der Waals surface area (Å²) in [7, 11) is 0. The molecule has 9 heteroatoms. The number of ether oxygens (including phenoxy) is 1. The molecule has 2 aromatic rings. The summed E-state index contributed by atoms with van der Waals surface area (Å²) < 4.78 is 5.62. The molecule has 4 N–H and O–H groups in total. The van der Waals surface area contributed by atoms with E-state index in [1.807, 2.05) is 36.4 Å². The quantitative estimate of drug-likeness (QED) is 0.0456. The molecule has 1 aliphatic rings. The van der Waals surface area contributed by atoms with Gasteiger partial charge in [-0.2, -0.15) is 0 Å². The van der Waals surface area contributed by atoms with Gasteiger partial charge in [-0.15, -0.1) is 0 Å². The van der Waals surface area contributed by atoms with E-state index in [0.29, 0.717) is 0 Å². The first kappa shape index (κ1) is 41.7. The van der Waals surface area contributed by atoms with E-state index in [1.165, 1.54) is 20.3 Å². The van der Waals surface area contributed by atoms with Gasteiger partial charge in [-0.3, -0.25) is 19.2 Å². The van der Waals surface area contributed by atoms with Crippen LogP contribution in [0.4, 0.5) is 0 Å². The molecule has 0 aliphatic heterocycles. The van der Waals surface area contributed by atoms with E-state index >= 15 is 0 Å². The molecule has 2 atom stereocenters. The number of aliphatic hydroxyl groups excluding tert-OH is 1. The molecule has 0 aromatic heterocycles. The summed E-state index contributed by atoms with van der Waals surface area (Å²) in [5.74, 6) is -4.39. The number of esters is 1. The van der Waals surface area contributed by atoms with Crippen LogP contribution in [0.3, 0.4) is 0 Å². The van der Waals surface area contributed by atoms with Gasteiger partial charge in [0.05, 0.1) is 6.42 Å². The Balaban J connectivity index is 1.58. The zero-order valence-electron chi connectivity index (χ0n) is 31.3. The van der Waals surface area contributed by atoms with Crippen LogP contribution < -0.4 is 5.32 Å².